The fraction of sp³-hybridized carbons (Fsp3) is 0.667. The van der Waals surface area contributed by atoms with Crippen molar-refractivity contribution >= 4 is 11.7 Å². The molecular weight excluding hydrogens is 304 g/mol. The minimum Gasteiger partial charge on any atom is -0.377 e. The highest BCUT2D eigenvalue weighted by Gasteiger charge is 2.24. The molecule has 2 aliphatic heterocycles. The molecule has 24 heavy (non-hydrogen) atoms. The van der Waals surface area contributed by atoms with E-state index < -0.39 is 0 Å². The van der Waals surface area contributed by atoms with E-state index in [0.29, 0.717) is 25.7 Å². The fourth-order valence-electron chi connectivity index (χ4n) is 3.55. The summed E-state index contributed by atoms with van der Waals surface area (Å²) in [6, 6.07) is 4.37. The number of hydrogen-bond donors (Lipinski definition) is 1. The molecule has 0 aromatic carbocycles. The summed E-state index contributed by atoms with van der Waals surface area (Å²) in [6.45, 7) is 6.95. The van der Waals surface area contributed by atoms with Gasteiger partial charge in [-0.2, -0.15) is 0 Å². The highest BCUT2D eigenvalue weighted by atomic mass is 16.5. The van der Waals surface area contributed by atoms with Crippen LogP contribution in [-0.2, 0) is 4.74 Å². The highest BCUT2D eigenvalue weighted by Crippen LogP contribution is 2.24. The summed E-state index contributed by atoms with van der Waals surface area (Å²) < 4.78 is 5.38. The zero-order valence-corrected chi connectivity index (χ0v) is 14.5. The summed E-state index contributed by atoms with van der Waals surface area (Å²) in [5.41, 5.74) is 1.26. The van der Waals surface area contributed by atoms with Gasteiger partial charge in [-0.3, -0.25) is 4.98 Å². The zero-order valence-electron chi connectivity index (χ0n) is 14.5. The second kappa shape index (κ2) is 8.33. The first-order valence-electron chi connectivity index (χ1n) is 9.01. The maximum absolute atomic E-state index is 12.2. The third-order valence-electron chi connectivity index (χ3n) is 5.10. The molecule has 1 aromatic heterocycles. The normalized spacial score (nSPS) is 22.5. The van der Waals surface area contributed by atoms with Crippen LogP contribution < -0.4 is 10.2 Å². The third-order valence-corrected chi connectivity index (χ3v) is 5.10. The number of rotatable bonds is 4. The van der Waals surface area contributed by atoms with Gasteiger partial charge in [-0.15, -0.1) is 0 Å². The van der Waals surface area contributed by atoms with E-state index in [0.717, 1.165) is 26.1 Å². The Kier molecular flexibility index (Phi) is 5.91. The van der Waals surface area contributed by atoms with Gasteiger partial charge in [0.1, 0.15) is 0 Å². The molecule has 0 unspecified atom stereocenters. The second-order valence-electron chi connectivity index (χ2n) is 6.77. The van der Waals surface area contributed by atoms with Gasteiger partial charge in [-0.25, -0.2) is 4.79 Å². The van der Waals surface area contributed by atoms with E-state index in [1.165, 1.54) is 18.5 Å². The predicted molar refractivity (Wildman–Crippen MR) is 94.2 cm³/mol. The van der Waals surface area contributed by atoms with E-state index in [-0.39, 0.29) is 12.1 Å². The minimum atomic E-state index is 0.0556. The molecule has 0 bridgehead atoms. The smallest absolute Gasteiger partial charge is 0.317 e. The van der Waals surface area contributed by atoms with E-state index in [1.807, 2.05) is 24.2 Å². The molecular formula is C18H28N4O2. The molecule has 1 aromatic rings. The van der Waals surface area contributed by atoms with E-state index >= 15 is 0 Å². The Morgan fingerprint density at radius 2 is 2.04 bits per heavy atom. The number of carbonyl (C=O) groups is 1. The predicted octanol–water partition coefficient (Wildman–Crippen LogP) is 2.12. The lowest BCUT2D eigenvalue weighted by atomic mass is 9.93. The molecule has 2 aliphatic rings. The Morgan fingerprint density at radius 1 is 1.29 bits per heavy atom. The van der Waals surface area contributed by atoms with Crippen LogP contribution in [0.3, 0.4) is 0 Å². The number of morpholine rings is 1. The molecule has 0 radical (unpaired) electrons. The number of anilines is 1. The number of ether oxygens (including phenoxy) is 1. The monoisotopic (exact) mass is 332 g/mol. The van der Waals surface area contributed by atoms with Crippen LogP contribution in [0.25, 0.3) is 0 Å². The lowest BCUT2D eigenvalue weighted by Crippen LogP contribution is -2.51. The summed E-state index contributed by atoms with van der Waals surface area (Å²) in [5.74, 6) is 0.700. The van der Waals surface area contributed by atoms with Crippen molar-refractivity contribution < 1.29 is 9.53 Å². The number of aromatic nitrogens is 1. The second-order valence-corrected chi connectivity index (χ2v) is 6.77. The van der Waals surface area contributed by atoms with Crippen LogP contribution in [0, 0.1) is 5.92 Å². The minimum absolute atomic E-state index is 0.0556. The molecule has 1 N–H and O–H groups in total. The van der Waals surface area contributed by atoms with Gasteiger partial charge < -0.3 is 19.9 Å². The van der Waals surface area contributed by atoms with Crippen LogP contribution >= 0.6 is 0 Å². The molecule has 6 nitrogen and oxygen atoms in total. The van der Waals surface area contributed by atoms with Gasteiger partial charge in [-0.05, 0) is 44.2 Å². The van der Waals surface area contributed by atoms with Gasteiger partial charge in [-0.1, -0.05) is 0 Å². The molecule has 2 fully saturated rings. The van der Waals surface area contributed by atoms with Gasteiger partial charge in [0, 0.05) is 44.3 Å². The molecule has 2 saturated heterocycles. The number of amides is 2. The molecule has 6 heteroatoms. The Bertz CT molecular complexity index is 517. The SMILES string of the molecule is C[C@H]1COCCN1C(=O)NCCC1CCN(c2ccncc2)CC1. The van der Waals surface area contributed by atoms with Gasteiger partial charge in [0.05, 0.1) is 19.3 Å². The highest BCUT2D eigenvalue weighted by molar-refractivity contribution is 5.74. The summed E-state index contributed by atoms with van der Waals surface area (Å²) >= 11 is 0. The van der Waals surface area contributed by atoms with Crippen molar-refractivity contribution in [1.82, 2.24) is 15.2 Å². The van der Waals surface area contributed by atoms with Gasteiger partial charge in [0.15, 0.2) is 0 Å². The van der Waals surface area contributed by atoms with E-state index in [9.17, 15) is 4.79 Å². The first-order chi connectivity index (χ1) is 11.7. The number of carbonyl (C=O) groups excluding carboxylic acids is 1. The van der Waals surface area contributed by atoms with E-state index in [2.05, 4.69) is 27.3 Å². The van der Waals surface area contributed by atoms with Crippen molar-refractivity contribution in [2.75, 3.05) is 44.3 Å². The first-order valence-corrected chi connectivity index (χ1v) is 9.01. The summed E-state index contributed by atoms with van der Waals surface area (Å²) in [5, 5.41) is 3.08. The summed E-state index contributed by atoms with van der Waals surface area (Å²) in [7, 11) is 0. The van der Waals surface area contributed by atoms with Crippen molar-refractivity contribution in [1.29, 1.82) is 0 Å². The van der Waals surface area contributed by atoms with Gasteiger partial charge >= 0.3 is 6.03 Å². The van der Waals surface area contributed by atoms with Crippen molar-refractivity contribution in [2.24, 2.45) is 5.92 Å². The standard InChI is InChI=1S/C18H28N4O2/c1-15-14-24-13-12-22(15)18(23)20-9-2-16-5-10-21(11-6-16)17-3-7-19-8-4-17/h3-4,7-8,15-16H,2,5-6,9-14H2,1H3,(H,20,23)/t15-/m0/s1. The molecule has 0 spiro atoms. The number of urea groups is 1. The molecule has 0 saturated carbocycles. The molecule has 3 heterocycles. The van der Waals surface area contributed by atoms with Gasteiger partial charge in [0.2, 0.25) is 0 Å². The first kappa shape index (κ1) is 17.0. The molecule has 1 atom stereocenters. The van der Waals surface area contributed by atoms with Crippen LogP contribution in [0.4, 0.5) is 10.5 Å². The van der Waals surface area contributed by atoms with Crippen LogP contribution in [-0.4, -0.2) is 61.3 Å². The average Bonchev–Trinajstić information content (AvgIpc) is 2.63. The number of nitrogens with zero attached hydrogens (tertiary/aromatic N) is 3. The van der Waals surface area contributed by atoms with Crippen LogP contribution in [0.2, 0.25) is 0 Å². The zero-order chi connectivity index (χ0) is 16.8. The summed E-state index contributed by atoms with van der Waals surface area (Å²) in [4.78, 5) is 20.6. The van der Waals surface area contributed by atoms with Crippen LogP contribution in [0.15, 0.2) is 24.5 Å². The quantitative estimate of drug-likeness (QED) is 0.917. The fourth-order valence-corrected chi connectivity index (χ4v) is 3.55. The Labute approximate surface area is 144 Å². The number of piperidine rings is 1. The third kappa shape index (κ3) is 4.38. The van der Waals surface area contributed by atoms with Crippen molar-refractivity contribution in [3.63, 3.8) is 0 Å². The van der Waals surface area contributed by atoms with Crippen molar-refractivity contribution in [3.8, 4) is 0 Å². The van der Waals surface area contributed by atoms with Crippen LogP contribution in [0.5, 0.6) is 0 Å². The Hall–Kier alpha value is -1.82. The number of pyridine rings is 1. The summed E-state index contributed by atoms with van der Waals surface area (Å²) in [6.07, 6.45) is 7.14. The maximum Gasteiger partial charge on any atom is 0.317 e. The number of hydrogen-bond acceptors (Lipinski definition) is 4. The average molecular weight is 332 g/mol. The molecule has 3 rings (SSSR count). The molecule has 2 amide bonds. The lowest BCUT2D eigenvalue weighted by Gasteiger charge is -2.35. The maximum atomic E-state index is 12.2. The Balaban J connectivity index is 1.35. The van der Waals surface area contributed by atoms with Crippen LogP contribution in [0.1, 0.15) is 26.2 Å². The van der Waals surface area contributed by atoms with Crippen molar-refractivity contribution in [2.45, 2.75) is 32.2 Å². The van der Waals surface area contributed by atoms with E-state index in [1.54, 1.807) is 0 Å². The Morgan fingerprint density at radius 3 is 2.75 bits per heavy atom. The largest absolute Gasteiger partial charge is 0.377 e. The van der Waals surface area contributed by atoms with E-state index in [4.69, 9.17) is 4.74 Å². The molecule has 0 aliphatic carbocycles. The topological polar surface area (TPSA) is 57.7 Å². The van der Waals surface area contributed by atoms with Crippen molar-refractivity contribution in [3.05, 3.63) is 24.5 Å². The van der Waals surface area contributed by atoms with Gasteiger partial charge in [0.25, 0.3) is 0 Å². The molecule has 132 valence electrons. The number of nitrogens with one attached hydrogen (secondary N) is 1. The lowest BCUT2D eigenvalue weighted by molar-refractivity contribution is 0.0190.